The highest BCUT2D eigenvalue weighted by molar-refractivity contribution is 8.14. The van der Waals surface area contributed by atoms with E-state index >= 15 is 0 Å². The van der Waals surface area contributed by atoms with Crippen LogP contribution < -0.4 is 5.32 Å². The van der Waals surface area contributed by atoms with Crippen molar-refractivity contribution in [3.05, 3.63) is 0 Å². The zero-order chi connectivity index (χ0) is 12.5. The highest BCUT2D eigenvalue weighted by atomic mass is 32.2. The van der Waals surface area contributed by atoms with Gasteiger partial charge >= 0.3 is 0 Å². The lowest BCUT2D eigenvalue weighted by molar-refractivity contribution is -0.0629. The summed E-state index contributed by atoms with van der Waals surface area (Å²) in [4.78, 5) is 4.78. The number of amidine groups is 1. The second kappa shape index (κ2) is 5.04. The van der Waals surface area contributed by atoms with Gasteiger partial charge in [-0.3, -0.25) is 4.99 Å². The Morgan fingerprint density at radius 3 is 2.56 bits per heavy atom. The van der Waals surface area contributed by atoms with Gasteiger partial charge in [0.15, 0.2) is 5.17 Å². The maximum Gasteiger partial charge on any atom is 0.157 e. The Hall–Kier alpha value is -0.220. The molecule has 1 aliphatic heterocycles. The molecule has 2 saturated carbocycles. The number of nitrogens with zero attached hydrogens (tertiary/aromatic N) is 1. The number of nitrogens with one attached hydrogen (secondary N) is 1. The first-order chi connectivity index (χ1) is 8.76. The minimum absolute atomic E-state index is 0.0670. The molecule has 0 radical (unpaired) electrons. The van der Waals surface area contributed by atoms with Crippen LogP contribution >= 0.6 is 11.8 Å². The van der Waals surface area contributed by atoms with E-state index in [0.717, 1.165) is 6.54 Å². The zero-order valence-electron chi connectivity index (χ0n) is 11.3. The number of aliphatic imine (C=N–C) groups is 1. The van der Waals surface area contributed by atoms with Gasteiger partial charge in [0, 0.05) is 18.4 Å². The molecule has 0 aromatic rings. The van der Waals surface area contributed by atoms with Crippen LogP contribution in [0.25, 0.3) is 0 Å². The Morgan fingerprint density at radius 1 is 1.17 bits per heavy atom. The van der Waals surface area contributed by atoms with Crippen molar-refractivity contribution in [2.24, 2.45) is 4.99 Å². The molecule has 3 nitrogen and oxygen atoms in total. The van der Waals surface area contributed by atoms with Crippen LogP contribution in [0.5, 0.6) is 0 Å². The Kier molecular flexibility index (Phi) is 3.59. The minimum atomic E-state index is 0.0670. The second-order valence-electron chi connectivity index (χ2n) is 6.12. The lowest BCUT2D eigenvalue weighted by atomic mass is 9.80. The Bertz CT molecular complexity index is 327. The van der Waals surface area contributed by atoms with Crippen LogP contribution in [0.4, 0.5) is 0 Å². The Labute approximate surface area is 114 Å². The second-order valence-corrected chi connectivity index (χ2v) is 7.08. The number of hydrogen-bond acceptors (Lipinski definition) is 3. The maximum atomic E-state index is 5.63. The molecule has 1 saturated heterocycles. The first kappa shape index (κ1) is 12.8. The van der Waals surface area contributed by atoms with Crippen LogP contribution in [-0.2, 0) is 4.74 Å². The third-order valence-corrected chi connectivity index (χ3v) is 6.08. The average Bonchev–Trinajstić information content (AvgIpc) is 2.73. The van der Waals surface area contributed by atoms with Crippen LogP contribution in [0.3, 0.4) is 0 Å². The van der Waals surface area contributed by atoms with Crippen molar-refractivity contribution in [1.82, 2.24) is 5.32 Å². The monoisotopic (exact) mass is 268 g/mol. The quantitative estimate of drug-likeness (QED) is 0.854. The summed E-state index contributed by atoms with van der Waals surface area (Å²) in [6, 6.07) is 0. The van der Waals surface area contributed by atoms with E-state index in [0.29, 0.717) is 5.54 Å². The van der Waals surface area contributed by atoms with Gasteiger partial charge in [-0.2, -0.15) is 0 Å². The van der Waals surface area contributed by atoms with E-state index in [2.05, 4.69) is 5.32 Å². The molecule has 2 aliphatic carbocycles. The third kappa shape index (κ3) is 2.42. The lowest BCUT2D eigenvalue weighted by Crippen LogP contribution is -2.46. The van der Waals surface area contributed by atoms with Crippen molar-refractivity contribution in [1.29, 1.82) is 0 Å². The summed E-state index contributed by atoms with van der Waals surface area (Å²) in [5, 5.41) is 4.88. The molecular formula is C14H24N2OS. The molecule has 1 N–H and O–H groups in total. The minimum Gasteiger partial charge on any atom is -0.376 e. The molecule has 0 aromatic carbocycles. The molecule has 102 valence electrons. The van der Waals surface area contributed by atoms with Crippen LogP contribution in [-0.4, -0.2) is 35.7 Å². The molecule has 18 heavy (non-hydrogen) atoms. The van der Waals surface area contributed by atoms with Crippen molar-refractivity contribution in [2.45, 2.75) is 62.5 Å². The maximum absolute atomic E-state index is 5.63. The fourth-order valence-corrected chi connectivity index (χ4v) is 4.52. The van der Waals surface area contributed by atoms with Gasteiger partial charge in [0.05, 0.1) is 12.1 Å². The van der Waals surface area contributed by atoms with E-state index < -0.39 is 0 Å². The average molecular weight is 268 g/mol. The van der Waals surface area contributed by atoms with Crippen LogP contribution in [0.2, 0.25) is 0 Å². The van der Waals surface area contributed by atoms with E-state index in [1.165, 1.54) is 62.3 Å². The third-order valence-electron chi connectivity index (χ3n) is 4.88. The standard InChI is InChI=1S/C14H24N2OS/c1-17-14(8-5-9-14)10-15-12-16-13(11-18-12)6-3-2-4-7-13/h2-11H2,1H3,(H,15,16). The molecule has 3 rings (SSSR count). The summed E-state index contributed by atoms with van der Waals surface area (Å²) in [5.74, 6) is 1.21. The topological polar surface area (TPSA) is 33.6 Å². The van der Waals surface area contributed by atoms with Gasteiger partial charge in [-0.15, -0.1) is 0 Å². The highest BCUT2D eigenvalue weighted by Crippen LogP contribution is 2.38. The van der Waals surface area contributed by atoms with E-state index in [4.69, 9.17) is 9.73 Å². The SMILES string of the molecule is COC1(CN=C2NC3(CCCCC3)CS2)CCC1. The van der Waals surface area contributed by atoms with Gasteiger partial charge in [-0.1, -0.05) is 31.0 Å². The number of methoxy groups -OCH3 is 1. The van der Waals surface area contributed by atoms with Crippen molar-refractivity contribution >= 4 is 16.9 Å². The molecule has 0 amide bonds. The molecule has 3 aliphatic rings. The first-order valence-electron chi connectivity index (χ1n) is 7.27. The summed E-state index contributed by atoms with van der Waals surface area (Å²) in [6.45, 7) is 0.842. The molecule has 1 heterocycles. The van der Waals surface area contributed by atoms with Crippen molar-refractivity contribution < 1.29 is 4.74 Å². The first-order valence-corrected chi connectivity index (χ1v) is 8.25. The molecule has 1 spiro atoms. The summed E-state index contributed by atoms with van der Waals surface area (Å²) in [7, 11) is 1.83. The molecule has 0 aromatic heterocycles. The Balaban J connectivity index is 1.58. The predicted molar refractivity (Wildman–Crippen MR) is 77.3 cm³/mol. The van der Waals surface area contributed by atoms with Crippen LogP contribution in [0, 0.1) is 0 Å². The fraction of sp³-hybridized carbons (Fsp3) is 0.929. The van der Waals surface area contributed by atoms with Gasteiger partial charge in [-0.25, -0.2) is 0 Å². The smallest absolute Gasteiger partial charge is 0.157 e. The van der Waals surface area contributed by atoms with Gasteiger partial charge in [0.25, 0.3) is 0 Å². The molecule has 0 unspecified atom stereocenters. The molecule has 3 fully saturated rings. The predicted octanol–water partition coefficient (Wildman–Crippen LogP) is 2.95. The van der Waals surface area contributed by atoms with Gasteiger partial charge in [0.2, 0.25) is 0 Å². The zero-order valence-corrected chi connectivity index (χ0v) is 12.2. The van der Waals surface area contributed by atoms with Crippen molar-refractivity contribution in [3.8, 4) is 0 Å². The van der Waals surface area contributed by atoms with E-state index in [1.807, 2.05) is 18.9 Å². The largest absolute Gasteiger partial charge is 0.376 e. The number of hydrogen-bond donors (Lipinski definition) is 1. The van der Waals surface area contributed by atoms with Gasteiger partial charge < -0.3 is 10.1 Å². The molecule has 4 heteroatoms. The number of rotatable bonds is 3. The normalized spacial score (nSPS) is 31.3. The summed E-state index contributed by atoms with van der Waals surface area (Å²) < 4.78 is 5.63. The number of thioether (sulfide) groups is 1. The molecule has 0 atom stereocenters. The molecular weight excluding hydrogens is 244 g/mol. The van der Waals surface area contributed by atoms with Crippen molar-refractivity contribution in [3.63, 3.8) is 0 Å². The highest BCUT2D eigenvalue weighted by Gasteiger charge is 2.40. The van der Waals surface area contributed by atoms with Crippen molar-refractivity contribution in [2.75, 3.05) is 19.4 Å². The summed E-state index contributed by atoms with van der Waals surface area (Å²) in [6.07, 6.45) is 10.5. The molecule has 0 bridgehead atoms. The lowest BCUT2D eigenvalue weighted by Gasteiger charge is -2.39. The Morgan fingerprint density at radius 2 is 1.94 bits per heavy atom. The number of ether oxygens (including phenoxy) is 1. The van der Waals surface area contributed by atoms with E-state index in [1.54, 1.807) is 0 Å². The van der Waals surface area contributed by atoms with E-state index in [9.17, 15) is 0 Å². The summed E-state index contributed by atoms with van der Waals surface area (Å²) in [5.41, 5.74) is 0.444. The van der Waals surface area contributed by atoms with Crippen LogP contribution in [0.15, 0.2) is 4.99 Å². The van der Waals surface area contributed by atoms with Crippen LogP contribution in [0.1, 0.15) is 51.4 Å². The van der Waals surface area contributed by atoms with E-state index in [-0.39, 0.29) is 5.60 Å². The summed E-state index contributed by atoms with van der Waals surface area (Å²) >= 11 is 1.92. The van der Waals surface area contributed by atoms with Gasteiger partial charge in [0.1, 0.15) is 0 Å². The fourth-order valence-electron chi connectivity index (χ4n) is 3.30. The van der Waals surface area contributed by atoms with Gasteiger partial charge in [-0.05, 0) is 32.1 Å².